The molecule has 0 fully saturated rings. The first-order valence-corrected chi connectivity index (χ1v) is 8.23. The summed E-state index contributed by atoms with van der Waals surface area (Å²) in [6, 6.07) is 0.407. The Hall–Kier alpha value is 0.110. The van der Waals surface area contributed by atoms with Gasteiger partial charge in [-0.25, -0.2) is 0 Å². The lowest BCUT2D eigenvalue weighted by molar-refractivity contribution is 0.444. The van der Waals surface area contributed by atoms with Crippen LogP contribution in [0.1, 0.15) is 67.2 Å². The van der Waals surface area contributed by atoms with Gasteiger partial charge in [-0.3, -0.25) is 4.21 Å². The van der Waals surface area contributed by atoms with Crippen molar-refractivity contribution in [3.05, 3.63) is 0 Å². The van der Waals surface area contributed by atoms with Gasteiger partial charge in [0, 0.05) is 21.6 Å². The summed E-state index contributed by atoms with van der Waals surface area (Å²) in [5.41, 5.74) is 0. The highest BCUT2D eigenvalue weighted by atomic mass is 32.2. The molecule has 17 heavy (non-hydrogen) atoms. The second-order valence-corrected chi connectivity index (χ2v) is 8.13. The number of hydrogen-bond donors (Lipinski definition) is 1. The van der Waals surface area contributed by atoms with E-state index < -0.39 is 10.8 Å². The van der Waals surface area contributed by atoms with Crippen molar-refractivity contribution in [3.8, 4) is 0 Å². The van der Waals surface area contributed by atoms with E-state index in [0.717, 1.165) is 32.2 Å². The molecule has 3 atom stereocenters. The molecule has 0 rings (SSSR count). The molecule has 3 heteroatoms. The maximum absolute atomic E-state index is 12.5. The number of rotatable bonds is 8. The summed E-state index contributed by atoms with van der Waals surface area (Å²) in [6.07, 6.45) is 4.41. The minimum absolute atomic E-state index is 0.111. The fourth-order valence-electron chi connectivity index (χ4n) is 2.10. The fourth-order valence-corrected chi connectivity index (χ4v) is 3.84. The van der Waals surface area contributed by atoms with E-state index in [2.05, 4.69) is 46.9 Å². The molecule has 2 nitrogen and oxygen atoms in total. The van der Waals surface area contributed by atoms with Crippen LogP contribution in [0.2, 0.25) is 0 Å². The van der Waals surface area contributed by atoms with Gasteiger partial charge in [0.1, 0.15) is 0 Å². The van der Waals surface area contributed by atoms with Crippen molar-refractivity contribution in [2.45, 2.75) is 83.3 Å². The van der Waals surface area contributed by atoms with Crippen LogP contribution in [-0.2, 0) is 10.8 Å². The molecule has 3 unspecified atom stereocenters. The third kappa shape index (κ3) is 6.01. The molecule has 0 aromatic rings. The molecule has 0 spiro atoms. The number of hydrogen-bond acceptors (Lipinski definition) is 2. The highest BCUT2D eigenvalue weighted by Crippen LogP contribution is 2.22. The Morgan fingerprint density at radius 1 is 1.12 bits per heavy atom. The molecule has 0 aromatic carbocycles. The molecule has 0 aromatic heterocycles. The summed E-state index contributed by atoms with van der Waals surface area (Å²) in [5.74, 6) is 0. The van der Waals surface area contributed by atoms with Crippen molar-refractivity contribution in [1.29, 1.82) is 0 Å². The molecular weight excluding hydrogens is 230 g/mol. The van der Waals surface area contributed by atoms with E-state index in [1.807, 2.05) is 0 Å². The van der Waals surface area contributed by atoms with Crippen LogP contribution < -0.4 is 5.32 Å². The Kier molecular flexibility index (Phi) is 8.31. The quantitative estimate of drug-likeness (QED) is 0.725. The van der Waals surface area contributed by atoms with Crippen molar-refractivity contribution < 1.29 is 4.21 Å². The summed E-state index contributed by atoms with van der Waals surface area (Å²) < 4.78 is 12.4. The predicted molar refractivity (Wildman–Crippen MR) is 79.0 cm³/mol. The Morgan fingerprint density at radius 2 is 1.71 bits per heavy atom. The second-order valence-electron chi connectivity index (χ2n) is 5.71. The van der Waals surface area contributed by atoms with Crippen LogP contribution in [0.3, 0.4) is 0 Å². The van der Waals surface area contributed by atoms with Gasteiger partial charge in [0.15, 0.2) is 0 Å². The molecule has 0 radical (unpaired) electrons. The summed E-state index contributed by atoms with van der Waals surface area (Å²) in [7, 11) is -0.773. The van der Waals surface area contributed by atoms with E-state index in [1.54, 1.807) is 0 Å². The Labute approximate surface area is 110 Å². The van der Waals surface area contributed by atoms with E-state index >= 15 is 0 Å². The minimum atomic E-state index is -0.773. The van der Waals surface area contributed by atoms with E-state index in [1.165, 1.54) is 0 Å². The van der Waals surface area contributed by atoms with Gasteiger partial charge in [0.2, 0.25) is 0 Å². The SMILES string of the molecule is CCCNC(CCC)C(CC)S(=O)C(C)(C)C. The second kappa shape index (κ2) is 8.25. The van der Waals surface area contributed by atoms with Crippen LogP contribution in [0.5, 0.6) is 0 Å². The zero-order valence-electron chi connectivity index (χ0n) is 12.5. The van der Waals surface area contributed by atoms with Crippen molar-refractivity contribution in [3.63, 3.8) is 0 Å². The molecule has 0 bridgehead atoms. The van der Waals surface area contributed by atoms with Gasteiger partial charge in [0.25, 0.3) is 0 Å². The maximum atomic E-state index is 12.5. The molecule has 1 N–H and O–H groups in total. The van der Waals surface area contributed by atoms with Crippen LogP contribution in [0.4, 0.5) is 0 Å². The topological polar surface area (TPSA) is 29.1 Å². The summed E-state index contributed by atoms with van der Waals surface area (Å²) >= 11 is 0. The first kappa shape index (κ1) is 17.1. The van der Waals surface area contributed by atoms with Crippen LogP contribution in [0.15, 0.2) is 0 Å². The zero-order valence-corrected chi connectivity index (χ0v) is 13.3. The highest BCUT2D eigenvalue weighted by molar-refractivity contribution is 7.87. The van der Waals surface area contributed by atoms with Crippen molar-refractivity contribution >= 4 is 10.8 Å². The van der Waals surface area contributed by atoms with Gasteiger partial charge < -0.3 is 5.32 Å². The Bertz CT molecular complexity index is 223. The van der Waals surface area contributed by atoms with E-state index in [4.69, 9.17) is 0 Å². The van der Waals surface area contributed by atoms with Gasteiger partial charge >= 0.3 is 0 Å². The normalized spacial score (nSPS) is 17.8. The van der Waals surface area contributed by atoms with Gasteiger partial charge in [-0.1, -0.05) is 27.2 Å². The molecule has 0 heterocycles. The monoisotopic (exact) mass is 261 g/mol. The Balaban J connectivity index is 4.70. The van der Waals surface area contributed by atoms with Gasteiger partial charge in [-0.05, 0) is 46.6 Å². The summed E-state index contributed by atoms with van der Waals surface area (Å²) in [6.45, 7) is 13.8. The number of nitrogens with one attached hydrogen (secondary N) is 1. The average molecular weight is 261 g/mol. The van der Waals surface area contributed by atoms with Crippen molar-refractivity contribution in [1.82, 2.24) is 5.32 Å². The molecule has 0 aliphatic rings. The lowest BCUT2D eigenvalue weighted by Crippen LogP contribution is -2.46. The predicted octanol–water partition coefficient (Wildman–Crippen LogP) is 3.48. The zero-order chi connectivity index (χ0) is 13.5. The van der Waals surface area contributed by atoms with Gasteiger partial charge in [0.05, 0.1) is 5.25 Å². The van der Waals surface area contributed by atoms with E-state index in [-0.39, 0.29) is 10.00 Å². The van der Waals surface area contributed by atoms with Crippen LogP contribution in [0, 0.1) is 0 Å². The standard InChI is InChI=1S/C14H31NOS/c1-7-10-12(15-11-8-2)13(9-3)17(16)14(4,5)6/h12-13,15H,7-11H2,1-6H3. The van der Waals surface area contributed by atoms with Crippen molar-refractivity contribution in [2.24, 2.45) is 0 Å². The minimum Gasteiger partial charge on any atom is -0.313 e. The smallest absolute Gasteiger partial charge is 0.0503 e. The van der Waals surface area contributed by atoms with E-state index in [0.29, 0.717) is 6.04 Å². The molecule has 0 saturated heterocycles. The third-order valence-corrected chi connectivity index (χ3v) is 5.40. The Morgan fingerprint density at radius 3 is 2.06 bits per heavy atom. The van der Waals surface area contributed by atoms with Gasteiger partial charge in [-0.15, -0.1) is 0 Å². The van der Waals surface area contributed by atoms with Crippen molar-refractivity contribution in [2.75, 3.05) is 6.54 Å². The van der Waals surface area contributed by atoms with Crippen LogP contribution in [-0.4, -0.2) is 26.8 Å². The summed E-state index contributed by atoms with van der Waals surface area (Å²) in [4.78, 5) is 0. The first-order chi connectivity index (χ1) is 7.88. The molecule has 0 saturated carbocycles. The molecule has 0 amide bonds. The van der Waals surface area contributed by atoms with Crippen LogP contribution >= 0.6 is 0 Å². The average Bonchev–Trinajstić information content (AvgIpc) is 2.25. The molecule has 104 valence electrons. The largest absolute Gasteiger partial charge is 0.313 e. The first-order valence-electron chi connectivity index (χ1n) is 7.02. The third-order valence-electron chi connectivity index (χ3n) is 2.99. The molecule has 0 aliphatic carbocycles. The van der Waals surface area contributed by atoms with Crippen LogP contribution in [0.25, 0.3) is 0 Å². The lowest BCUT2D eigenvalue weighted by Gasteiger charge is -2.32. The fraction of sp³-hybridized carbons (Fsp3) is 1.00. The summed E-state index contributed by atoms with van der Waals surface area (Å²) in [5, 5.41) is 3.86. The molecular formula is C14H31NOS. The highest BCUT2D eigenvalue weighted by Gasteiger charge is 2.31. The lowest BCUT2D eigenvalue weighted by atomic mass is 10.1. The molecule has 0 aliphatic heterocycles. The van der Waals surface area contributed by atoms with E-state index in [9.17, 15) is 4.21 Å². The van der Waals surface area contributed by atoms with Gasteiger partial charge in [-0.2, -0.15) is 0 Å². The maximum Gasteiger partial charge on any atom is 0.0503 e.